The van der Waals surface area contributed by atoms with Crippen LogP contribution in [0.1, 0.15) is 15.9 Å². The maximum atomic E-state index is 11.9. The first-order valence-electron chi connectivity index (χ1n) is 7.52. The van der Waals surface area contributed by atoms with Gasteiger partial charge < -0.3 is 10.1 Å². The zero-order valence-corrected chi connectivity index (χ0v) is 14.0. The molecular weight excluding hydrogens is 322 g/mol. The molecule has 1 N–H and O–H groups in total. The number of allylic oxidation sites excluding steroid dienone is 1. The van der Waals surface area contributed by atoms with Gasteiger partial charge in [0, 0.05) is 10.6 Å². The van der Waals surface area contributed by atoms with Crippen molar-refractivity contribution in [2.24, 2.45) is 0 Å². The van der Waals surface area contributed by atoms with Crippen molar-refractivity contribution < 1.29 is 9.53 Å². The lowest BCUT2D eigenvalue weighted by Gasteiger charge is -2.07. The number of benzene rings is 2. The zero-order chi connectivity index (χ0) is 17.2. The second-order valence-electron chi connectivity index (χ2n) is 4.94. The van der Waals surface area contributed by atoms with Crippen LogP contribution in [0.4, 0.5) is 0 Å². The smallest absolute Gasteiger partial charge is 0.252 e. The van der Waals surface area contributed by atoms with Gasteiger partial charge in [0.25, 0.3) is 5.91 Å². The lowest BCUT2D eigenvalue weighted by atomic mass is 10.1. The van der Waals surface area contributed by atoms with E-state index in [2.05, 4.69) is 23.7 Å². The van der Waals surface area contributed by atoms with Crippen LogP contribution in [0.5, 0.6) is 5.75 Å². The number of hydrogen-bond acceptors (Lipinski definition) is 2. The highest BCUT2D eigenvalue weighted by Crippen LogP contribution is 2.18. The Labute approximate surface area is 147 Å². The molecule has 0 bridgehead atoms. The number of ether oxygens (including phenoxy) is 1. The van der Waals surface area contributed by atoms with Crippen molar-refractivity contribution in [2.45, 2.75) is 6.42 Å². The summed E-state index contributed by atoms with van der Waals surface area (Å²) in [7, 11) is 0. The lowest BCUT2D eigenvalue weighted by Crippen LogP contribution is -2.23. The van der Waals surface area contributed by atoms with E-state index in [0.29, 0.717) is 10.6 Å². The molecule has 0 radical (unpaired) electrons. The van der Waals surface area contributed by atoms with Gasteiger partial charge in [0.05, 0.1) is 6.54 Å². The molecule has 2 aromatic rings. The van der Waals surface area contributed by atoms with Crippen molar-refractivity contribution >= 4 is 17.5 Å². The highest BCUT2D eigenvalue weighted by molar-refractivity contribution is 6.30. The summed E-state index contributed by atoms with van der Waals surface area (Å²) in [6.45, 7) is 4.25. The van der Waals surface area contributed by atoms with Crippen LogP contribution in [0.25, 0.3) is 0 Å². The number of para-hydroxylation sites is 1. The van der Waals surface area contributed by atoms with E-state index in [0.717, 1.165) is 17.7 Å². The Bertz CT molecular complexity index is 774. The fourth-order valence-electron chi connectivity index (χ4n) is 2.05. The molecule has 0 aliphatic carbocycles. The largest absolute Gasteiger partial charge is 0.481 e. The highest BCUT2D eigenvalue weighted by Gasteiger charge is 2.03. The monoisotopic (exact) mass is 339 g/mol. The summed E-state index contributed by atoms with van der Waals surface area (Å²) in [4.78, 5) is 11.9. The molecule has 0 aliphatic rings. The van der Waals surface area contributed by atoms with Gasteiger partial charge in [0.1, 0.15) is 12.4 Å². The van der Waals surface area contributed by atoms with E-state index in [1.807, 2.05) is 30.3 Å². The molecule has 0 saturated carbocycles. The standard InChI is InChI=1S/C20H18ClNO2/c1-2-8-16-9-3-4-12-19(16)24-14-6-5-13-22-20(23)17-10-7-11-18(21)15-17/h2-4,7,9-12,15H,1,8,13-14H2,(H,22,23). The molecule has 2 aromatic carbocycles. The molecule has 0 fully saturated rings. The molecule has 0 unspecified atom stereocenters. The third kappa shape index (κ3) is 5.49. The highest BCUT2D eigenvalue weighted by atomic mass is 35.5. The van der Waals surface area contributed by atoms with Crippen LogP contribution in [-0.2, 0) is 6.42 Å². The van der Waals surface area contributed by atoms with Crippen LogP contribution in [0, 0.1) is 11.8 Å². The third-order valence-electron chi connectivity index (χ3n) is 3.19. The number of carbonyl (C=O) groups excluding carboxylic acids is 1. The van der Waals surface area contributed by atoms with Crippen molar-refractivity contribution in [1.82, 2.24) is 5.32 Å². The summed E-state index contributed by atoms with van der Waals surface area (Å²) < 4.78 is 5.65. The Morgan fingerprint density at radius 2 is 2.04 bits per heavy atom. The predicted octanol–water partition coefficient (Wildman–Crippen LogP) is 3.88. The molecule has 0 aliphatic heterocycles. The van der Waals surface area contributed by atoms with Crippen LogP contribution in [0.15, 0.2) is 61.2 Å². The van der Waals surface area contributed by atoms with Gasteiger partial charge in [0.15, 0.2) is 0 Å². The summed E-state index contributed by atoms with van der Waals surface area (Å²) in [5, 5.41) is 3.24. The van der Waals surface area contributed by atoms with Crippen molar-refractivity contribution in [2.75, 3.05) is 13.2 Å². The van der Waals surface area contributed by atoms with Crippen LogP contribution in [0.2, 0.25) is 5.02 Å². The van der Waals surface area contributed by atoms with Gasteiger partial charge in [-0.15, -0.1) is 6.58 Å². The molecule has 4 heteroatoms. The summed E-state index contributed by atoms with van der Waals surface area (Å²) >= 11 is 5.85. The molecule has 3 nitrogen and oxygen atoms in total. The van der Waals surface area contributed by atoms with Gasteiger partial charge >= 0.3 is 0 Å². The first-order chi connectivity index (χ1) is 11.7. The number of carbonyl (C=O) groups is 1. The van der Waals surface area contributed by atoms with E-state index in [9.17, 15) is 4.79 Å². The normalized spacial score (nSPS) is 9.54. The van der Waals surface area contributed by atoms with Crippen LogP contribution >= 0.6 is 11.6 Å². The summed E-state index contributed by atoms with van der Waals surface area (Å²) in [5.74, 6) is 6.34. The quantitative estimate of drug-likeness (QED) is 0.640. The van der Waals surface area contributed by atoms with Gasteiger partial charge in [-0.1, -0.05) is 53.8 Å². The molecule has 122 valence electrons. The number of nitrogens with one attached hydrogen (secondary N) is 1. The van der Waals surface area contributed by atoms with E-state index < -0.39 is 0 Å². The Hall–Kier alpha value is -2.70. The van der Waals surface area contributed by atoms with Crippen LogP contribution in [-0.4, -0.2) is 19.1 Å². The van der Waals surface area contributed by atoms with E-state index >= 15 is 0 Å². The molecule has 2 rings (SSSR count). The van der Waals surface area contributed by atoms with Crippen molar-refractivity contribution in [3.63, 3.8) is 0 Å². The third-order valence-corrected chi connectivity index (χ3v) is 3.42. The Morgan fingerprint density at radius 3 is 2.83 bits per heavy atom. The molecule has 1 amide bonds. The van der Waals surface area contributed by atoms with E-state index in [4.69, 9.17) is 16.3 Å². The average molecular weight is 340 g/mol. The molecule has 0 spiro atoms. The molecule has 0 heterocycles. The first kappa shape index (κ1) is 17.7. The lowest BCUT2D eigenvalue weighted by molar-refractivity contribution is 0.0958. The minimum atomic E-state index is -0.205. The fourth-order valence-corrected chi connectivity index (χ4v) is 2.24. The van der Waals surface area contributed by atoms with Crippen molar-refractivity contribution in [1.29, 1.82) is 0 Å². The van der Waals surface area contributed by atoms with Gasteiger partial charge in [-0.25, -0.2) is 0 Å². The number of amides is 1. The van der Waals surface area contributed by atoms with Gasteiger partial charge in [0.2, 0.25) is 0 Å². The van der Waals surface area contributed by atoms with E-state index in [1.54, 1.807) is 24.3 Å². The Morgan fingerprint density at radius 1 is 1.21 bits per heavy atom. The maximum Gasteiger partial charge on any atom is 0.252 e. The number of halogens is 1. The van der Waals surface area contributed by atoms with E-state index in [-0.39, 0.29) is 19.1 Å². The van der Waals surface area contributed by atoms with Gasteiger partial charge in [-0.2, -0.15) is 0 Å². The molecular formula is C20H18ClNO2. The van der Waals surface area contributed by atoms with Crippen LogP contribution < -0.4 is 10.1 Å². The number of hydrogen-bond donors (Lipinski definition) is 1. The Balaban J connectivity index is 1.78. The molecule has 0 aromatic heterocycles. The van der Waals surface area contributed by atoms with Gasteiger partial charge in [-0.05, 0) is 36.2 Å². The minimum Gasteiger partial charge on any atom is -0.481 e. The Kier molecular flexibility index (Phi) is 6.94. The number of rotatable bonds is 6. The minimum absolute atomic E-state index is 0.205. The van der Waals surface area contributed by atoms with E-state index in [1.165, 1.54) is 0 Å². The SMILES string of the molecule is C=CCc1ccccc1OCC#CCNC(=O)c1cccc(Cl)c1. The summed E-state index contributed by atoms with van der Waals surface area (Å²) in [5.41, 5.74) is 1.59. The fraction of sp³-hybridized carbons (Fsp3) is 0.150. The van der Waals surface area contributed by atoms with Crippen LogP contribution in [0.3, 0.4) is 0 Å². The predicted molar refractivity (Wildman–Crippen MR) is 97.4 cm³/mol. The second kappa shape index (κ2) is 9.44. The van der Waals surface area contributed by atoms with Crippen molar-refractivity contribution in [3.05, 3.63) is 77.3 Å². The summed E-state index contributed by atoms with van der Waals surface area (Å²) in [6, 6.07) is 14.6. The topological polar surface area (TPSA) is 38.3 Å². The molecule has 0 saturated heterocycles. The molecule has 24 heavy (non-hydrogen) atoms. The average Bonchev–Trinajstić information content (AvgIpc) is 2.59. The van der Waals surface area contributed by atoms with Gasteiger partial charge in [-0.3, -0.25) is 4.79 Å². The summed E-state index contributed by atoms with van der Waals surface area (Å²) in [6.07, 6.45) is 2.58. The zero-order valence-electron chi connectivity index (χ0n) is 13.2. The maximum absolute atomic E-state index is 11.9. The molecule has 0 atom stereocenters. The van der Waals surface area contributed by atoms with Crippen molar-refractivity contribution in [3.8, 4) is 17.6 Å². The first-order valence-corrected chi connectivity index (χ1v) is 7.89. The second-order valence-corrected chi connectivity index (χ2v) is 5.37.